The molecule has 0 atom stereocenters. The van der Waals surface area contributed by atoms with Crippen molar-refractivity contribution < 1.29 is 22.7 Å². The number of amides is 3. The molecule has 23 heavy (non-hydrogen) atoms. The maximum absolute atomic E-state index is 12.2. The fraction of sp³-hybridized carbons (Fsp3) is 0.429. The lowest BCUT2D eigenvalue weighted by molar-refractivity contribution is 0.181. The Hall–Kier alpha value is -2.29. The lowest BCUT2D eigenvalue weighted by Gasteiger charge is -2.27. The first-order chi connectivity index (χ1) is 10.9. The molecule has 0 saturated carbocycles. The minimum Gasteiger partial charge on any atom is -0.447 e. The highest BCUT2D eigenvalue weighted by atomic mass is 32.2. The van der Waals surface area contributed by atoms with Crippen LogP contribution in [0.5, 0.6) is 0 Å². The second-order valence-corrected chi connectivity index (χ2v) is 7.69. The van der Waals surface area contributed by atoms with Gasteiger partial charge in [0.05, 0.1) is 18.1 Å². The largest absolute Gasteiger partial charge is 0.447 e. The summed E-state index contributed by atoms with van der Waals surface area (Å²) in [5, 5.41) is 2.73. The monoisotopic (exact) mass is 339 g/mol. The predicted molar refractivity (Wildman–Crippen MR) is 84.4 cm³/mol. The first-order valence-corrected chi connectivity index (χ1v) is 9.07. The van der Waals surface area contributed by atoms with E-state index in [4.69, 9.17) is 4.74 Å². The van der Waals surface area contributed by atoms with Gasteiger partial charge in [-0.2, -0.15) is 0 Å². The molecule has 1 aromatic rings. The summed E-state index contributed by atoms with van der Waals surface area (Å²) >= 11 is 0. The molecule has 2 saturated heterocycles. The van der Waals surface area contributed by atoms with Crippen molar-refractivity contribution in [2.45, 2.75) is 0 Å². The Kier molecular flexibility index (Phi) is 4.12. The molecule has 2 aliphatic rings. The highest BCUT2D eigenvalue weighted by molar-refractivity contribution is 7.91. The fourth-order valence-corrected chi connectivity index (χ4v) is 3.70. The molecule has 2 aliphatic heterocycles. The Morgan fingerprint density at radius 3 is 2.57 bits per heavy atom. The summed E-state index contributed by atoms with van der Waals surface area (Å²) in [5.41, 5.74) is 1.19. The van der Waals surface area contributed by atoms with Crippen LogP contribution in [-0.4, -0.2) is 63.2 Å². The quantitative estimate of drug-likeness (QED) is 0.864. The molecule has 0 bridgehead atoms. The van der Waals surface area contributed by atoms with Crippen LogP contribution in [0.25, 0.3) is 0 Å². The van der Waals surface area contributed by atoms with E-state index in [1.54, 1.807) is 24.3 Å². The van der Waals surface area contributed by atoms with Crippen LogP contribution in [0.1, 0.15) is 0 Å². The summed E-state index contributed by atoms with van der Waals surface area (Å²) in [6.45, 7) is 1.19. The zero-order valence-electron chi connectivity index (χ0n) is 12.4. The van der Waals surface area contributed by atoms with E-state index < -0.39 is 15.9 Å². The Balaban J connectivity index is 1.66. The van der Waals surface area contributed by atoms with Gasteiger partial charge in [0.2, 0.25) is 0 Å². The van der Waals surface area contributed by atoms with Crippen LogP contribution in [0.2, 0.25) is 0 Å². The molecule has 1 N–H and O–H groups in total. The third-order valence-corrected chi connectivity index (χ3v) is 5.41. The van der Waals surface area contributed by atoms with E-state index in [-0.39, 0.29) is 30.6 Å². The second kappa shape index (κ2) is 6.07. The third-order valence-electron chi connectivity index (χ3n) is 3.80. The van der Waals surface area contributed by atoms with E-state index in [9.17, 15) is 18.0 Å². The highest BCUT2D eigenvalue weighted by Crippen LogP contribution is 2.22. The normalized spacial score (nSPS) is 20.3. The molecule has 0 radical (unpaired) electrons. The zero-order chi connectivity index (χ0) is 16.4. The Bertz CT molecular complexity index is 720. The van der Waals surface area contributed by atoms with E-state index in [1.807, 2.05) is 0 Å². The zero-order valence-corrected chi connectivity index (χ0v) is 13.2. The number of urea groups is 1. The molecule has 0 unspecified atom stereocenters. The van der Waals surface area contributed by atoms with Gasteiger partial charge in [0.15, 0.2) is 9.84 Å². The van der Waals surface area contributed by atoms with Crippen molar-refractivity contribution in [3.63, 3.8) is 0 Å². The van der Waals surface area contributed by atoms with E-state index in [2.05, 4.69) is 5.32 Å². The molecule has 3 amide bonds. The van der Waals surface area contributed by atoms with E-state index in [0.29, 0.717) is 24.5 Å². The Morgan fingerprint density at radius 2 is 1.91 bits per heavy atom. The van der Waals surface area contributed by atoms with Crippen LogP contribution < -0.4 is 10.2 Å². The van der Waals surface area contributed by atoms with Gasteiger partial charge in [0.25, 0.3) is 0 Å². The number of benzene rings is 1. The fourth-order valence-electron chi connectivity index (χ4n) is 2.50. The topological polar surface area (TPSA) is 96.0 Å². The van der Waals surface area contributed by atoms with E-state index in [1.165, 1.54) is 9.80 Å². The smallest absolute Gasteiger partial charge is 0.414 e. The number of carbonyl (C=O) groups excluding carboxylic acids is 2. The van der Waals surface area contributed by atoms with Crippen molar-refractivity contribution in [3.8, 4) is 0 Å². The van der Waals surface area contributed by atoms with Gasteiger partial charge in [-0.15, -0.1) is 0 Å². The molecule has 2 heterocycles. The number of ether oxygens (including phenoxy) is 1. The molecule has 9 heteroatoms. The average Bonchev–Trinajstić information content (AvgIpc) is 2.93. The van der Waals surface area contributed by atoms with Crippen molar-refractivity contribution in [2.75, 3.05) is 48.0 Å². The van der Waals surface area contributed by atoms with Crippen molar-refractivity contribution in [1.82, 2.24) is 4.90 Å². The maximum Gasteiger partial charge on any atom is 0.414 e. The van der Waals surface area contributed by atoms with Crippen LogP contribution in [-0.2, 0) is 14.6 Å². The predicted octanol–water partition coefficient (Wildman–Crippen LogP) is 0.905. The standard InChI is InChI=1S/C14H17N3O5S/c18-13(16-5-8-23(20,21)9-6-16)15-11-2-1-3-12(10-11)17-4-7-22-14(17)19/h1-3,10H,4-9H2,(H,15,18). The van der Waals surface area contributed by atoms with E-state index in [0.717, 1.165) is 0 Å². The number of cyclic esters (lactones) is 1. The minimum atomic E-state index is -3.03. The summed E-state index contributed by atoms with van der Waals surface area (Å²) in [6, 6.07) is 6.54. The molecule has 0 aromatic heterocycles. The van der Waals surface area contributed by atoms with Gasteiger partial charge in [0.1, 0.15) is 6.61 Å². The number of carbonyl (C=O) groups is 2. The Morgan fingerprint density at radius 1 is 1.17 bits per heavy atom. The van der Waals surface area contributed by atoms with Gasteiger partial charge in [-0.25, -0.2) is 18.0 Å². The Labute approximate surface area is 133 Å². The highest BCUT2D eigenvalue weighted by Gasteiger charge is 2.26. The van der Waals surface area contributed by atoms with Crippen molar-refractivity contribution in [1.29, 1.82) is 0 Å². The average molecular weight is 339 g/mol. The SMILES string of the molecule is O=C(Nc1cccc(N2CCOC2=O)c1)N1CCS(=O)(=O)CC1. The molecule has 0 aliphatic carbocycles. The minimum absolute atomic E-state index is 0.0138. The van der Waals surface area contributed by atoms with Crippen molar-refractivity contribution in [3.05, 3.63) is 24.3 Å². The van der Waals surface area contributed by atoms with Gasteiger partial charge in [-0.1, -0.05) is 6.07 Å². The number of sulfone groups is 1. The van der Waals surface area contributed by atoms with Gasteiger partial charge in [-0.05, 0) is 18.2 Å². The van der Waals surface area contributed by atoms with Crippen LogP contribution in [0.3, 0.4) is 0 Å². The molecule has 3 rings (SSSR count). The summed E-state index contributed by atoms with van der Waals surface area (Å²) in [5.74, 6) is -0.0276. The van der Waals surface area contributed by atoms with Crippen LogP contribution >= 0.6 is 0 Å². The lowest BCUT2D eigenvalue weighted by atomic mass is 10.2. The number of hydrogen-bond donors (Lipinski definition) is 1. The molecule has 0 spiro atoms. The number of rotatable bonds is 2. The van der Waals surface area contributed by atoms with Gasteiger partial charge >= 0.3 is 12.1 Å². The molecular formula is C14H17N3O5S. The first kappa shape index (κ1) is 15.6. The van der Waals surface area contributed by atoms with E-state index >= 15 is 0 Å². The molecule has 124 valence electrons. The van der Waals surface area contributed by atoms with Gasteiger partial charge < -0.3 is 15.0 Å². The molecule has 1 aromatic carbocycles. The van der Waals surface area contributed by atoms with Crippen LogP contribution in [0.15, 0.2) is 24.3 Å². The van der Waals surface area contributed by atoms with Crippen molar-refractivity contribution >= 4 is 33.3 Å². The summed E-state index contributed by atoms with van der Waals surface area (Å²) < 4.78 is 27.7. The van der Waals surface area contributed by atoms with Crippen LogP contribution in [0.4, 0.5) is 21.0 Å². The summed E-state index contributed by atoms with van der Waals surface area (Å²) in [6.07, 6.45) is -0.408. The van der Waals surface area contributed by atoms with Gasteiger partial charge in [-0.3, -0.25) is 4.90 Å². The van der Waals surface area contributed by atoms with Gasteiger partial charge in [0, 0.05) is 24.5 Å². The van der Waals surface area contributed by atoms with Crippen LogP contribution in [0, 0.1) is 0 Å². The maximum atomic E-state index is 12.2. The number of nitrogens with one attached hydrogen (secondary N) is 1. The number of hydrogen-bond acceptors (Lipinski definition) is 5. The number of nitrogens with zero attached hydrogens (tertiary/aromatic N) is 2. The van der Waals surface area contributed by atoms with Crippen molar-refractivity contribution in [2.24, 2.45) is 0 Å². The number of anilines is 2. The lowest BCUT2D eigenvalue weighted by Crippen LogP contribution is -2.45. The first-order valence-electron chi connectivity index (χ1n) is 7.25. The molecule has 2 fully saturated rings. The summed E-state index contributed by atoms with van der Waals surface area (Å²) in [4.78, 5) is 26.7. The second-order valence-electron chi connectivity index (χ2n) is 5.39. The molecular weight excluding hydrogens is 322 g/mol. The summed E-state index contributed by atoms with van der Waals surface area (Å²) in [7, 11) is -3.03. The third kappa shape index (κ3) is 3.55. The molecule has 8 nitrogen and oxygen atoms in total.